The van der Waals surface area contributed by atoms with E-state index in [0.29, 0.717) is 0 Å². The van der Waals surface area contributed by atoms with E-state index in [2.05, 4.69) is 91.6 Å². The Labute approximate surface area is 209 Å². The normalized spacial score (nSPS) is 14.8. The molecular weight excluding hydrogens is 509 g/mol. The van der Waals surface area contributed by atoms with Crippen LogP contribution in [-0.4, -0.2) is 47.1 Å². The van der Waals surface area contributed by atoms with Crippen molar-refractivity contribution in [3.63, 3.8) is 0 Å². The third-order valence-corrected chi connectivity index (χ3v) is 6.12. The van der Waals surface area contributed by atoms with Crippen LogP contribution in [0.25, 0.3) is 0 Å². The highest BCUT2D eigenvalue weighted by molar-refractivity contribution is 14.0. The minimum absolute atomic E-state index is 0. The van der Waals surface area contributed by atoms with Crippen molar-refractivity contribution in [1.82, 2.24) is 19.8 Å². The maximum absolute atomic E-state index is 4.57. The van der Waals surface area contributed by atoms with Crippen molar-refractivity contribution in [2.75, 3.05) is 26.7 Å². The smallest absolute Gasteiger partial charge is 0.193 e. The molecule has 1 saturated heterocycles. The Hall–Kier alpha value is -2.35. The number of nitrogens with zero attached hydrogens (tertiary/aromatic N) is 4. The number of benzene rings is 2. The molecule has 32 heavy (non-hydrogen) atoms. The summed E-state index contributed by atoms with van der Waals surface area (Å²) in [6.45, 7) is 3.84. The molecule has 0 aliphatic carbocycles. The van der Waals surface area contributed by atoms with Gasteiger partial charge in [-0.25, -0.2) is 4.98 Å². The Morgan fingerprint density at radius 1 is 1.00 bits per heavy atom. The number of guanidine groups is 1. The molecular formula is C26H34IN5. The summed E-state index contributed by atoms with van der Waals surface area (Å²) >= 11 is 0. The van der Waals surface area contributed by atoms with Crippen molar-refractivity contribution >= 4 is 29.9 Å². The average Bonchev–Trinajstić information content (AvgIpc) is 3.25. The van der Waals surface area contributed by atoms with Gasteiger partial charge in [0.05, 0.1) is 0 Å². The zero-order valence-electron chi connectivity index (χ0n) is 18.9. The number of hydrogen-bond donors (Lipinski definition) is 1. The Balaban J connectivity index is 0.00000289. The molecule has 170 valence electrons. The van der Waals surface area contributed by atoms with Crippen molar-refractivity contribution in [3.8, 4) is 0 Å². The van der Waals surface area contributed by atoms with Crippen LogP contribution in [0.3, 0.4) is 0 Å². The number of halogens is 1. The number of aromatic nitrogens is 2. The van der Waals surface area contributed by atoms with Crippen molar-refractivity contribution in [2.24, 2.45) is 10.9 Å². The van der Waals surface area contributed by atoms with Crippen molar-refractivity contribution in [1.29, 1.82) is 0 Å². The minimum Gasteiger partial charge on any atom is -0.356 e. The molecule has 1 aliphatic heterocycles. The highest BCUT2D eigenvalue weighted by atomic mass is 127. The Kier molecular flexibility index (Phi) is 9.59. The topological polar surface area (TPSA) is 45.5 Å². The van der Waals surface area contributed by atoms with Gasteiger partial charge in [0.2, 0.25) is 0 Å². The highest BCUT2D eigenvalue weighted by Crippen LogP contribution is 2.21. The molecule has 0 atom stereocenters. The molecule has 0 bridgehead atoms. The summed E-state index contributed by atoms with van der Waals surface area (Å²) in [6.07, 6.45) is 8.46. The first-order chi connectivity index (χ1) is 15.3. The molecule has 0 amide bonds. The molecule has 1 N–H and O–H groups in total. The van der Waals surface area contributed by atoms with Crippen molar-refractivity contribution < 1.29 is 0 Å². The van der Waals surface area contributed by atoms with E-state index in [-0.39, 0.29) is 24.0 Å². The van der Waals surface area contributed by atoms with Crippen LogP contribution in [0.1, 0.15) is 29.8 Å². The molecule has 3 aromatic rings. The van der Waals surface area contributed by atoms with Gasteiger partial charge in [0, 0.05) is 52.0 Å². The molecule has 0 spiro atoms. The van der Waals surface area contributed by atoms with E-state index in [1.165, 1.54) is 30.4 Å². The zero-order valence-corrected chi connectivity index (χ0v) is 21.2. The van der Waals surface area contributed by atoms with Crippen LogP contribution in [-0.2, 0) is 19.4 Å². The van der Waals surface area contributed by atoms with E-state index < -0.39 is 0 Å². The van der Waals surface area contributed by atoms with Gasteiger partial charge in [-0.3, -0.25) is 4.99 Å². The minimum atomic E-state index is 0. The first-order valence-electron chi connectivity index (χ1n) is 11.4. The number of aliphatic imine (C=N–C) groups is 1. The molecule has 1 aromatic heterocycles. The van der Waals surface area contributed by atoms with Gasteiger partial charge < -0.3 is 14.8 Å². The monoisotopic (exact) mass is 543 g/mol. The van der Waals surface area contributed by atoms with Crippen LogP contribution >= 0.6 is 24.0 Å². The fourth-order valence-electron chi connectivity index (χ4n) is 4.41. The summed E-state index contributed by atoms with van der Waals surface area (Å²) in [5.74, 6) is 2.88. The third-order valence-electron chi connectivity index (χ3n) is 6.12. The van der Waals surface area contributed by atoms with Crippen molar-refractivity contribution in [2.45, 2.75) is 32.2 Å². The standard InChI is InChI=1S/C26H33N5.HI/c1-27-26(30-17-13-23(14-18-30)20-22-8-4-2-5-9-22)29-15-12-25-28-16-19-31(25)21-24-10-6-3-7-11-24;/h2-11,16,19,23H,12-15,17-18,20-21H2,1H3,(H,27,29);1H. The van der Waals surface area contributed by atoms with E-state index in [1.807, 2.05) is 13.2 Å². The second kappa shape index (κ2) is 12.6. The summed E-state index contributed by atoms with van der Waals surface area (Å²) in [7, 11) is 1.88. The zero-order chi connectivity index (χ0) is 21.3. The summed E-state index contributed by atoms with van der Waals surface area (Å²) in [5, 5.41) is 3.56. The molecule has 0 radical (unpaired) electrons. The van der Waals surface area contributed by atoms with Crippen LogP contribution in [0.2, 0.25) is 0 Å². The molecule has 1 fully saturated rings. The van der Waals surface area contributed by atoms with Gasteiger partial charge in [0.1, 0.15) is 5.82 Å². The van der Waals surface area contributed by atoms with Gasteiger partial charge in [-0.05, 0) is 36.3 Å². The van der Waals surface area contributed by atoms with Crippen LogP contribution in [0, 0.1) is 5.92 Å². The fourth-order valence-corrected chi connectivity index (χ4v) is 4.41. The number of rotatable bonds is 7. The van der Waals surface area contributed by atoms with Gasteiger partial charge in [0.15, 0.2) is 5.96 Å². The van der Waals surface area contributed by atoms with E-state index in [9.17, 15) is 0 Å². The van der Waals surface area contributed by atoms with Gasteiger partial charge in [-0.2, -0.15) is 0 Å². The first kappa shape index (κ1) is 24.3. The second-order valence-electron chi connectivity index (χ2n) is 8.30. The predicted octanol–water partition coefficient (Wildman–Crippen LogP) is 4.62. The average molecular weight is 543 g/mol. The summed E-state index contributed by atoms with van der Waals surface area (Å²) in [4.78, 5) is 11.5. The molecule has 0 saturated carbocycles. The van der Waals surface area contributed by atoms with Crippen molar-refractivity contribution in [3.05, 3.63) is 90.0 Å². The molecule has 2 aromatic carbocycles. The molecule has 4 rings (SSSR count). The third kappa shape index (κ3) is 6.82. The SMILES string of the molecule is CN=C(NCCc1nccn1Cc1ccccc1)N1CCC(Cc2ccccc2)CC1.I. The Morgan fingerprint density at radius 2 is 1.66 bits per heavy atom. The second-order valence-corrected chi connectivity index (χ2v) is 8.30. The molecule has 5 nitrogen and oxygen atoms in total. The quantitative estimate of drug-likeness (QED) is 0.269. The number of hydrogen-bond acceptors (Lipinski definition) is 2. The van der Waals surface area contributed by atoms with Crippen LogP contribution < -0.4 is 5.32 Å². The van der Waals surface area contributed by atoms with E-state index >= 15 is 0 Å². The summed E-state index contributed by atoms with van der Waals surface area (Å²) < 4.78 is 2.23. The number of piperidine rings is 1. The number of imidazole rings is 1. The van der Waals surface area contributed by atoms with E-state index in [0.717, 1.165) is 50.3 Å². The molecule has 0 unspecified atom stereocenters. The van der Waals surface area contributed by atoms with Gasteiger partial charge in [0.25, 0.3) is 0 Å². The van der Waals surface area contributed by atoms with E-state index in [4.69, 9.17) is 0 Å². The number of likely N-dealkylation sites (tertiary alicyclic amines) is 1. The first-order valence-corrected chi connectivity index (χ1v) is 11.4. The largest absolute Gasteiger partial charge is 0.356 e. The maximum atomic E-state index is 4.57. The summed E-state index contributed by atoms with van der Waals surface area (Å²) in [6, 6.07) is 21.4. The van der Waals surface area contributed by atoms with Gasteiger partial charge >= 0.3 is 0 Å². The van der Waals surface area contributed by atoms with Gasteiger partial charge in [-0.1, -0.05) is 60.7 Å². The van der Waals surface area contributed by atoms with E-state index in [1.54, 1.807) is 0 Å². The lowest BCUT2D eigenvalue weighted by Gasteiger charge is -2.34. The highest BCUT2D eigenvalue weighted by Gasteiger charge is 2.21. The van der Waals surface area contributed by atoms with Crippen LogP contribution in [0.4, 0.5) is 0 Å². The Morgan fingerprint density at radius 3 is 2.31 bits per heavy atom. The predicted molar refractivity (Wildman–Crippen MR) is 143 cm³/mol. The van der Waals surface area contributed by atoms with Crippen LogP contribution in [0.5, 0.6) is 0 Å². The lowest BCUT2D eigenvalue weighted by molar-refractivity contribution is 0.259. The van der Waals surface area contributed by atoms with Crippen LogP contribution in [0.15, 0.2) is 78.0 Å². The lowest BCUT2D eigenvalue weighted by Crippen LogP contribution is -2.46. The van der Waals surface area contributed by atoms with Gasteiger partial charge in [-0.15, -0.1) is 24.0 Å². The molecule has 6 heteroatoms. The Bertz CT molecular complexity index is 947. The maximum Gasteiger partial charge on any atom is 0.193 e. The molecule has 1 aliphatic rings. The lowest BCUT2D eigenvalue weighted by atomic mass is 9.90. The summed E-state index contributed by atoms with van der Waals surface area (Å²) in [5.41, 5.74) is 2.75. The number of nitrogens with one attached hydrogen (secondary N) is 1. The molecule has 2 heterocycles. The fraction of sp³-hybridized carbons (Fsp3) is 0.385.